The van der Waals surface area contributed by atoms with Crippen LogP contribution in [0.15, 0.2) is 24.3 Å². The number of hydrogen-bond donors (Lipinski definition) is 1. The molecule has 0 aliphatic carbocycles. The molecule has 0 radical (unpaired) electrons. The van der Waals surface area contributed by atoms with E-state index in [-0.39, 0.29) is 5.69 Å². The summed E-state index contributed by atoms with van der Waals surface area (Å²) in [5, 5.41) is 10.9. The van der Waals surface area contributed by atoms with Gasteiger partial charge in [-0.1, -0.05) is 6.07 Å². The average Bonchev–Trinajstić information content (AvgIpc) is 3.28. The molecule has 0 bridgehead atoms. The zero-order valence-electron chi connectivity index (χ0n) is 19.2. The molecule has 178 valence electrons. The Morgan fingerprint density at radius 1 is 1.09 bits per heavy atom. The highest BCUT2D eigenvalue weighted by Crippen LogP contribution is 2.30. The van der Waals surface area contributed by atoms with Crippen molar-refractivity contribution in [2.45, 2.75) is 46.5 Å². The topological polar surface area (TPSA) is 83.2 Å². The minimum Gasteiger partial charge on any atom is -0.493 e. The van der Waals surface area contributed by atoms with Crippen molar-refractivity contribution >= 4 is 11.6 Å². The Bertz CT molecular complexity index is 1170. The van der Waals surface area contributed by atoms with Gasteiger partial charge in [-0.05, 0) is 51.5 Å². The van der Waals surface area contributed by atoms with Crippen molar-refractivity contribution in [3.8, 4) is 11.5 Å². The number of benzene rings is 1. The molecule has 3 rings (SSSR count). The SMILES string of the molecule is COc1ccc(Cn2nc(C)c(NC(=O)C(C)n3nc(C(F)(F)F)cc3C)c2C)cc1OC. The zero-order chi connectivity index (χ0) is 24.5. The average molecular weight is 465 g/mol. The fourth-order valence-electron chi connectivity index (χ4n) is 3.54. The van der Waals surface area contributed by atoms with Crippen molar-refractivity contribution in [2.75, 3.05) is 19.5 Å². The van der Waals surface area contributed by atoms with E-state index in [0.717, 1.165) is 16.3 Å². The summed E-state index contributed by atoms with van der Waals surface area (Å²) < 4.78 is 52.3. The second kappa shape index (κ2) is 9.16. The predicted octanol–water partition coefficient (Wildman–Crippen LogP) is 4.29. The molecular formula is C22H26F3N5O3. The molecule has 0 aliphatic heterocycles. The van der Waals surface area contributed by atoms with Crippen LogP contribution < -0.4 is 14.8 Å². The van der Waals surface area contributed by atoms with Gasteiger partial charge in [0.25, 0.3) is 0 Å². The van der Waals surface area contributed by atoms with E-state index in [0.29, 0.717) is 35.1 Å². The first-order chi connectivity index (χ1) is 15.5. The minimum absolute atomic E-state index is 0.238. The largest absolute Gasteiger partial charge is 0.493 e. The number of rotatable bonds is 7. The number of aromatic nitrogens is 4. The molecule has 33 heavy (non-hydrogen) atoms. The second-order valence-corrected chi connectivity index (χ2v) is 7.67. The molecule has 8 nitrogen and oxygen atoms in total. The van der Waals surface area contributed by atoms with Crippen molar-refractivity contribution in [2.24, 2.45) is 0 Å². The third-order valence-corrected chi connectivity index (χ3v) is 5.37. The van der Waals surface area contributed by atoms with Gasteiger partial charge in [-0.3, -0.25) is 14.2 Å². The fourth-order valence-corrected chi connectivity index (χ4v) is 3.54. The van der Waals surface area contributed by atoms with Crippen LogP contribution >= 0.6 is 0 Å². The van der Waals surface area contributed by atoms with E-state index in [1.807, 2.05) is 19.1 Å². The lowest BCUT2D eigenvalue weighted by molar-refractivity contribution is -0.141. The van der Waals surface area contributed by atoms with Crippen LogP contribution in [0.1, 0.15) is 41.3 Å². The molecule has 1 N–H and O–H groups in total. The summed E-state index contributed by atoms with van der Waals surface area (Å²) >= 11 is 0. The Morgan fingerprint density at radius 3 is 2.33 bits per heavy atom. The van der Waals surface area contributed by atoms with Crippen molar-refractivity contribution in [3.05, 3.63) is 52.6 Å². The number of carbonyl (C=O) groups is 1. The Hall–Kier alpha value is -3.50. The molecule has 0 saturated carbocycles. The Morgan fingerprint density at radius 2 is 1.76 bits per heavy atom. The lowest BCUT2D eigenvalue weighted by atomic mass is 10.2. The van der Waals surface area contributed by atoms with Crippen LogP contribution in [0.2, 0.25) is 0 Å². The number of hydrogen-bond acceptors (Lipinski definition) is 5. The van der Waals surface area contributed by atoms with Crippen LogP contribution in [-0.2, 0) is 17.5 Å². The Balaban J connectivity index is 1.80. The number of halogens is 3. The molecule has 0 spiro atoms. The summed E-state index contributed by atoms with van der Waals surface area (Å²) in [6.45, 7) is 6.95. The summed E-state index contributed by atoms with van der Waals surface area (Å²) in [4.78, 5) is 12.8. The summed E-state index contributed by atoms with van der Waals surface area (Å²) in [7, 11) is 3.11. The number of aryl methyl sites for hydroxylation is 2. The van der Waals surface area contributed by atoms with E-state index in [1.54, 1.807) is 31.9 Å². The highest BCUT2D eigenvalue weighted by molar-refractivity contribution is 5.94. The second-order valence-electron chi connectivity index (χ2n) is 7.67. The number of methoxy groups -OCH3 is 2. The van der Waals surface area contributed by atoms with E-state index in [9.17, 15) is 18.0 Å². The first kappa shape index (κ1) is 24.1. The maximum Gasteiger partial charge on any atom is 0.435 e. The third kappa shape index (κ3) is 4.96. The number of ether oxygens (including phenoxy) is 2. The van der Waals surface area contributed by atoms with Crippen molar-refractivity contribution < 1.29 is 27.4 Å². The van der Waals surface area contributed by atoms with Crippen LogP contribution in [-0.4, -0.2) is 39.7 Å². The first-order valence-corrected chi connectivity index (χ1v) is 10.1. The lowest BCUT2D eigenvalue weighted by Crippen LogP contribution is -2.26. The van der Waals surface area contributed by atoms with Gasteiger partial charge in [0.05, 0.1) is 37.8 Å². The van der Waals surface area contributed by atoms with E-state index in [2.05, 4.69) is 15.5 Å². The van der Waals surface area contributed by atoms with Crippen LogP contribution in [0, 0.1) is 20.8 Å². The summed E-state index contributed by atoms with van der Waals surface area (Å²) in [5.41, 5.74) is 1.92. The Kier molecular flexibility index (Phi) is 6.71. The van der Waals surface area contributed by atoms with Crippen molar-refractivity contribution in [3.63, 3.8) is 0 Å². The van der Waals surface area contributed by atoms with Gasteiger partial charge in [-0.25, -0.2) is 0 Å². The van der Waals surface area contributed by atoms with Gasteiger partial charge >= 0.3 is 6.18 Å². The van der Waals surface area contributed by atoms with Gasteiger partial charge in [0.15, 0.2) is 17.2 Å². The third-order valence-electron chi connectivity index (χ3n) is 5.37. The molecule has 0 aliphatic rings. The molecule has 2 heterocycles. The van der Waals surface area contributed by atoms with Crippen LogP contribution in [0.3, 0.4) is 0 Å². The highest BCUT2D eigenvalue weighted by atomic mass is 19.4. The maximum atomic E-state index is 13.0. The van der Waals surface area contributed by atoms with Gasteiger partial charge in [-0.2, -0.15) is 23.4 Å². The minimum atomic E-state index is -4.58. The van der Waals surface area contributed by atoms with Gasteiger partial charge in [0.2, 0.25) is 5.91 Å². The number of nitrogens with zero attached hydrogens (tertiary/aromatic N) is 4. The maximum absolute atomic E-state index is 13.0. The number of carbonyl (C=O) groups excluding carboxylic acids is 1. The van der Waals surface area contributed by atoms with Gasteiger partial charge < -0.3 is 14.8 Å². The molecule has 1 atom stereocenters. The molecule has 3 aromatic rings. The normalized spacial score (nSPS) is 12.5. The molecule has 1 aromatic carbocycles. The van der Waals surface area contributed by atoms with Crippen molar-refractivity contribution in [1.29, 1.82) is 0 Å². The van der Waals surface area contributed by atoms with E-state index in [4.69, 9.17) is 9.47 Å². The molecule has 11 heteroatoms. The van der Waals surface area contributed by atoms with Gasteiger partial charge in [-0.15, -0.1) is 0 Å². The zero-order valence-corrected chi connectivity index (χ0v) is 19.2. The van der Waals surface area contributed by atoms with Crippen LogP contribution in [0.25, 0.3) is 0 Å². The Labute approximate surface area is 189 Å². The van der Waals surface area contributed by atoms with E-state index >= 15 is 0 Å². The molecular weight excluding hydrogens is 439 g/mol. The van der Waals surface area contributed by atoms with Gasteiger partial charge in [0.1, 0.15) is 6.04 Å². The number of amides is 1. The molecule has 0 fully saturated rings. The number of anilines is 1. The quantitative estimate of drug-likeness (QED) is 0.563. The van der Waals surface area contributed by atoms with Crippen LogP contribution in [0.4, 0.5) is 18.9 Å². The molecule has 2 aromatic heterocycles. The number of alkyl halides is 3. The fraction of sp³-hybridized carbons (Fsp3) is 0.409. The molecule has 1 amide bonds. The molecule has 1 unspecified atom stereocenters. The molecule has 0 saturated heterocycles. The van der Waals surface area contributed by atoms with E-state index in [1.165, 1.54) is 13.8 Å². The van der Waals surface area contributed by atoms with Gasteiger partial charge in [0, 0.05) is 5.69 Å². The summed E-state index contributed by atoms with van der Waals surface area (Å²) in [6, 6.07) is 5.49. The monoisotopic (exact) mass is 465 g/mol. The lowest BCUT2D eigenvalue weighted by Gasteiger charge is -2.15. The standard InChI is InChI=1S/C22H26F3N5O3/c1-12-9-19(22(23,24)25)28-30(12)15(4)21(31)26-20-13(2)27-29(14(20)3)11-16-7-8-17(32-5)18(10-16)33-6/h7-10,15H,11H2,1-6H3,(H,26,31). The van der Waals surface area contributed by atoms with Crippen molar-refractivity contribution in [1.82, 2.24) is 19.6 Å². The smallest absolute Gasteiger partial charge is 0.435 e. The van der Waals surface area contributed by atoms with E-state index < -0.39 is 23.8 Å². The summed E-state index contributed by atoms with van der Waals surface area (Å²) in [6.07, 6.45) is -4.58. The first-order valence-electron chi connectivity index (χ1n) is 10.1. The highest BCUT2D eigenvalue weighted by Gasteiger charge is 2.35. The number of nitrogens with one attached hydrogen (secondary N) is 1. The van der Waals surface area contributed by atoms with Crippen LogP contribution in [0.5, 0.6) is 11.5 Å². The predicted molar refractivity (Wildman–Crippen MR) is 116 cm³/mol. The summed E-state index contributed by atoms with van der Waals surface area (Å²) in [5.74, 6) is 0.706.